The quantitative estimate of drug-likeness (QED) is 0.0873. The monoisotopic (exact) mass is 956 g/mol. The second-order valence-electron chi connectivity index (χ2n) is 17.3. The van der Waals surface area contributed by atoms with E-state index in [1.165, 1.54) is 14.2 Å². The molecule has 70 heavy (non-hydrogen) atoms. The zero-order valence-corrected chi connectivity index (χ0v) is 38.3. The first-order chi connectivity index (χ1) is 34.0. The Bertz CT molecular complexity index is 2730. The van der Waals surface area contributed by atoms with Crippen LogP contribution in [-0.2, 0) is 32.3 Å². The summed E-state index contributed by atoms with van der Waals surface area (Å²) >= 11 is 0. The van der Waals surface area contributed by atoms with Gasteiger partial charge in [0.05, 0.1) is 84.0 Å². The molecule has 2 aliphatic carbocycles. The van der Waals surface area contributed by atoms with E-state index in [-0.39, 0.29) is 60.8 Å². The van der Waals surface area contributed by atoms with E-state index in [1.54, 1.807) is 73.3 Å². The lowest BCUT2D eigenvalue weighted by atomic mass is 9.83. The molecule has 6 aromatic heterocycles. The molecule has 0 aromatic carbocycles. The molecule has 6 atom stereocenters. The van der Waals surface area contributed by atoms with E-state index in [1.807, 2.05) is 0 Å². The molecule has 0 saturated heterocycles. The molecule has 10 rings (SSSR count). The number of aliphatic hydroxyl groups is 2. The highest BCUT2D eigenvalue weighted by Gasteiger charge is 2.35. The van der Waals surface area contributed by atoms with E-state index in [0.29, 0.717) is 131 Å². The van der Waals surface area contributed by atoms with Crippen molar-refractivity contribution in [1.29, 1.82) is 0 Å². The summed E-state index contributed by atoms with van der Waals surface area (Å²) < 4.78 is 21.0. The summed E-state index contributed by atoms with van der Waals surface area (Å²) in [5, 5.41) is 39.5. The van der Waals surface area contributed by atoms with Gasteiger partial charge in [0.1, 0.15) is 11.0 Å². The third kappa shape index (κ3) is 11.1. The summed E-state index contributed by atoms with van der Waals surface area (Å²) in [4.78, 5) is 75.1. The number of aliphatic hydroxyl groups excluding tert-OH is 2. The largest absolute Gasteiger partial charge is 0.481 e. The molecule has 22 nitrogen and oxygen atoms in total. The zero-order valence-electron chi connectivity index (χ0n) is 38.3. The fourth-order valence-corrected chi connectivity index (χ4v) is 8.88. The number of aromatic nitrogens is 6. The summed E-state index contributed by atoms with van der Waals surface area (Å²) in [6.07, 6.45) is 8.22. The number of anilines is 4. The van der Waals surface area contributed by atoms with Gasteiger partial charge >= 0.3 is 0 Å². The molecular weight excluding hydrogens is 905 g/mol. The van der Waals surface area contributed by atoms with Crippen LogP contribution in [0.15, 0.2) is 73.3 Å². The maximum absolute atomic E-state index is 13.0. The second kappa shape index (κ2) is 21.3. The van der Waals surface area contributed by atoms with Crippen LogP contribution in [0.3, 0.4) is 0 Å². The lowest BCUT2D eigenvalue weighted by Gasteiger charge is -2.33. The number of rotatable bonds is 12. The van der Waals surface area contributed by atoms with E-state index in [0.717, 1.165) is 0 Å². The molecule has 8 heterocycles. The van der Waals surface area contributed by atoms with Crippen molar-refractivity contribution in [3.63, 3.8) is 0 Å². The van der Waals surface area contributed by atoms with Crippen LogP contribution >= 0.6 is 0 Å². The van der Waals surface area contributed by atoms with Gasteiger partial charge in [-0.1, -0.05) is 0 Å². The minimum Gasteiger partial charge on any atom is -0.481 e. The average Bonchev–Trinajstić information content (AvgIpc) is 3.37. The van der Waals surface area contributed by atoms with Crippen LogP contribution < -0.4 is 50.8 Å². The first kappa shape index (κ1) is 47.4. The van der Waals surface area contributed by atoms with Crippen molar-refractivity contribution in [3.05, 3.63) is 84.7 Å². The number of hydrogen-bond acceptors (Lipinski definition) is 18. The number of methoxy groups -OCH3 is 2. The first-order valence-electron chi connectivity index (χ1n) is 22.9. The highest BCUT2D eigenvalue weighted by Crippen LogP contribution is 2.32. The van der Waals surface area contributed by atoms with Crippen LogP contribution in [0, 0.1) is 11.8 Å². The molecule has 8 N–H and O–H groups in total. The summed E-state index contributed by atoms with van der Waals surface area (Å²) in [6, 6.07) is 13.6. The van der Waals surface area contributed by atoms with Crippen molar-refractivity contribution in [3.8, 4) is 23.3 Å². The fourth-order valence-electron chi connectivity index (χ4n) is 8.88. The minimum atomic E-state index is -0.687. The smallest absolute Gasteiger partial charge is 0.262 e. The van der Waals surface area contributed by atoms with Gasteiger partial charge in [0.15, 0.2) is 24.7 Å². The van der Waals surface area contributed by atoms with Crippen molar-refractivity contribution in [1.82, 2.24) is 40.5 Å². The predicted molar refractivity (Wildman–Crippen MR) is 254 cm³/mol. The molecule has 2 fully saturated rings. The van der Waals surface area contributed by atoms with E-state index >= 15 is 0 Å². The Kier molecular flexibility index (Phi) is 14.4. The maximum Gasteiger partial charge on any atom is 0.262 e. The molecule has 364 valence electrons. The Morgan fingerprint density at radius 3 is 1.50 bits per heavy atom. The molecule has 0 unspecified atom stereocenters. The van der Waals surface area contributed by atoms with Crippen LogP contribution in [0.4, 0.5) is 22.7 Å². The van der Waals surface area contributed by atoms with Crippen LogP contribution in [0.5, 0.6) is 23.3 Å². The number of hydrogen-bond donors (Lipinski definition) is 8. The molecular formula is C48H52N12O10. The van der Waals surface area contributed by atoms with Crippen LogP contribution in [0.2, 0.25) is 0 Å². The fraction of sp³-hybridized carbons (Fsp3) is 0.375. The van der Waals surface area contributed by atoms with Crippen LogP contribution in [0.1, 0.15) is 49.9 Å². The zero-order chi connectivity index (χ0) is 48.7. The number of nitrogens with zero attached hydrogens (tertiary/aromatic N) is 6. The number of fused-ring (bicyclic) bond motifs is 4. The normalized spacial score (nSPS) is 21.5. The lowest BCUT2D eigenvalue weighted by Crippen LogP contribution is -2.46. The topological polar surface area (TPSA) is 295 Å². The predicted octanol–water partition coefficient (Wildman–Crippen LogP) is 3.24. The molecule has 0 radical (unpaired) electrons. The van der Waals surface area contributed by atoms with Crippen LogP contribution in [0.25, 0.3) is 22.1 Å². The SMILES string of the molecule is COc1ccc2nccc(NC(=O)[C@@H]3CC[C@@H](NCc4cc5c(cn4)OCC(=O)N5)[C@H](O)C3)c2n1.COc1ccc2nccc(NC(=O)[C@H]3CC[C@H](NCc4cc5c(cn4)OCC(=O)N5)[C@@H](O)C3)c2n1. The van der Waals surface area contributed by atoms with Gasteiger partial charge in [-0.05, 0) is 74.9 Å². The number of ether oxygens (including phenoxy) is 4. The van der Waals surface area contributed by atoms with Crippen molar-refractivity contribution >= 4 is 68.4 Å². The van der Waals surface area contributed by atoms with Gasteiger partial charge < -0.3 is 61.1 Å². The molecule has 4 amide bonds. The van der Waals surface area contributed by atoms with Gasteiger partial charge in [-0.3, -0.25) is 39.1 Å². The molecule has 0 spiro atoms. The Morgan fingerprint density at radius 2 is 1.09 bits per heavy atom. The molecule has 2 saturated carbocycles. The van der Waals surface area contributed by atoms with Gasteiger partial charge in [-0.15, -0.1) is 0 Å². The van der Waals surface area contributed by atoms with Gasteiger partial charge in [0, 0.05) is 61.5 Å². The van der Waals surface area contributed by atoms with Crippen molar-refractivity contribution in [2.75, 3.05) is 48.7 Å². The third-order valence-corrected chi connectivity index (χ3v) is 12.6. The summed E-state index contributed by atoms with van der Waals surface area (Å²) in [5.74, 6) is 0.563. The number of carbonyl (C=O) groups excluding carboxylic acids is 4. The number of amides is 4. The second-order valence-corrected chi connectivity index (χ2v) is 17.3. The van der Waals surface area contributed by atoms with E-state index in [9.17, 15) is 29.4 Å². The van der Waals surface area contributed by atoms with Gasteiger partial charge in [-0.25, -0.2) is 9.97 Å². The van der Waals surface area contributed by atoms with Crippen molar-refractivity contribution in [2.24, 2.45) is 11.8 Å². The Hall–Kier alpha value is -7.66. The third-order valence-electron chi connectivity index (χ3n) is 12.6. The molecule has 2 aliphatic heterocycles. The Morgan fingerprint density at radius 1 is 0.643 bits per heavy atom. The number of carbonyl (C=O) groups is 4. The lowest BCUT2D eigenvalue weighted by molar-refractivity contribution is -0.123. The standard InChI is InChI=1S/2C24H26N6O5/c2*1-34-22-5-4-16-23(30-22)17(6-7-25-16)29-24(33)13-2-3-15(19(31)8-13)27-10-14-9-18-20(11-26-14)35-12-21(32)28-18/h2*4-7,9,11,13,15,19,27,31H,2-3,8,10,12H2,1H3,(H,28,32)(H,25,29,33)/t2*13-,15-,19-/m10/s1. The van der Waals surface area contributed by atoms with Gasteiger partial charge in [0.2, 0.25) is 23.6 Å². The summed E-state index contributed by atoms with van der Waals surface area (Å²) in [6.45, 7) is 0.797. The minimum absolute atomic E-state index is 0.0165. The molecule has 4 aliphatic rings. The van der Waals surface area contributed by atoms with Gasteiger partial charge in [0.25, 0.3) is 11.8 Å². The summed E-state index contributed by atoms with van der Waals surface area (Å²) in [5.41, 5.74) is 6.13. The van der Waals surface area contributed by atoms with E-state index in [4.69, 9.17) is 18.9 Å². The Balaban J connectivity index is 0.000000174. The maximum atomic E-state index is 13.0. The first-order valence-corrected chi connectivity index (χ1v) is 22.9. The van der Waals surface area contributed by atoms with Crippen molar-refractivity contribution in [2.45, 2.75) is 75.9 Å². The highest BCUT2D eigenvalue weighted by atomic mass is 16.5. The summed E-state index contributed by atoms with van der Waals surface area (Å²) in [7, 11) is 3.06. The highest BCUT2D eigenvalue weighted by molar-refractivity contribution is 6.01. The van der Waals surface area contributed by atoms with E-state index < -0.39 is 12.2 Å². The molecule has 0 bridgehead atoms. The van der Waals surface area contributed by atoms with E-state index in [2.05, 4.69) is 61.8 Å². The molecule has 6 aromatic rings. The number of nitrogens with one attached hydrogen (secondary N) is 6. The Labute approximate surface area is 400 Å². The number of pyridine rings is 6. The van der Waals surface area contributed by atoms with Gasteiger partial charge in [-0.2, -0.15) is 0 Å². The molecule has 22 heteroatoms. The average molecular weight is 957 g/mol. The van der Waals surface area contributed by atoms with Crippen LogP contribution in [-0.4, -0.2) is 115 Å². The van der Waals surface area contributed by atoms with Crippen molar-refractivity contribution < 1.29 is 48.3 Å².